The van der Waals surface area contributed by atoms with E-state index in [0.717, 1.165) is 13.8 Å². The zero-order valence-corrected chi connectivity index (χ0v) is 39.4. The highest BCUT2D eigenvalue weighted by Crippen LogP contribution is 2.38. The van der Waals surface area contributed by atoms with Crippen LogP contribution >= 0.6 is 92.8 Å². The number of hydrogen-bond acceptors (Lipinski definition) is 10. The lowest BCUT2D eigenvalue weighted by atomic mass is 10.0. The van der Waals surface area contributed by atoms with Gasteiger partial charge in [-0.05, 0) is 112 Å². The molecule has 0 spiro atoms. The fourth-order valence-corrected chi connectivity index (χ4v) is 7.18. The van der Waals surface area contributed by atoms with Gasteiger partial charge < -0.3 is 21.3 Å². The number of azo groups is 2. The first-order valence-corrected chi connectivity index (χ1v) is 21.2. The Balaban J connectivity index is 1.27. The Morgan fingerprint density at radius 2 is 0.781 bits per heavy atom. The number of carbonyl (C=O) groups is 6. The molecule has 14 nitrogen and oxygen atoms in total. The minimum Gasteiger partial charge on any atom is -0.324 e. The average Bonchev–Trinajstić information content (AvgIpc) is 3.24. The van der Waals surface area contributed by atoms with E-state index in [9.17, 15) is 28.8 Å². The molecule has 0 saturated heterocycles. The van der Waals surface area contributed by atoms with Gasteiger partial charge in [-0.3, -0.25) is 28.8 Å². The average molecular weight is 1030 g/mol. The van der Waals surface area contributed by atoms with Crippen LogP contribution in [0.25, 0.3) is 0 Å². The lowest BCUT2D eigenvalue weighted by Gasteiger charge is -2.17. The molecule has 0 aliphatic carbocycles. The Kier molecular flexibility index (Phi) is 16.9. The molecule has 4 N–H and O–H groups in total. The normalized spacial score (nSPS) is 12.2. The zero-order chi connectivity index (χ0) is 47.2. The maximum atomic E-state index is 13.4. The number of Topliss-reactive ketones (excluding diaryl/α,β-unsaturated/α-hetero) is 2. The molecule has 0 aliphatic rings. The van der Waals surface area contributed by atoms with Crippen LogP contribution in [0, 0.1) is 13.8 Å². The maximum Gasteiger partial charge on any atom is 0.258 e. The molecule has 2 atom stereocenters. The van der Waals surface area contributed by atoms with Gasteiger partial charge in [0.2, 0.25) is 12.1 Å². The van der Waals surface area contributed by atoms with Crippen LogP contribution in [0.15, 0.2) is 93.3 Å². The molecule has 0 bridgehead atoms. The van der Waals surface area contributed by atoms with E-state index in [-0.39, 0.29) is 85.4 Å². The Labute approximate surface area is 405 Å². The van der Waals surface area contributed by atoms with Crippen LogP contribution in [0.1, 0.15) is 45.7 Å². The van der Waals surface area contributed by atoms with Crippen LogP contribution < -0.4 is 21.3 Å². The van der Waals surface area contributed by atoms with E-state index in [1.165, 1.54) is 72.8 Å². The third kappa shape index (κ3) is 11.9. The van der Waals surface area contributed by atoms with E-state index in [0.29, 0.717) is 11.1 Å². The topological polar surface area (TPSA) is 200 Å². The van der Waals surface area contributed by atoms with Crippen molar-refractivity contribution in [2.45, 2.75) is 39.8 Å². The third-order valence-corrected chi connectivity index (χ3v) is 12.0. The van der Waals surface area contributed by atoms with Gasteiger partial charge in [-0.2, -0.15) is 20.5 Å². The van der Waals surface area contributed by atoms with Crippen LogP contribution in [-0.2, 0) is 19.2 Å². The van der Waals surface area contributed by atoms with Crippen molar-refractivity contribution in [2.24, 2.45) is 20.5 Å². The van der Waals surface area contributed by atoms with E-state index < -0.39 is 47.3 Å². The van der Waals surface area contributed by atoms with E-state index in [1.54, 1.807) is 13.8 Å². The van der Waals surface area contributed by atoms with Gasteiger partial charge in [-0.25, -0.2) is 0 Å². The van der Waals surface area contributed by atoms with E-state index in [4.69, 9.17) is 92.8 Å². The van der Waals surface area contributed by atoms with Gasteiger partial charge in [0.1, 0.15) is 0 Å². The molecule has 0 saturated carbocycles. The number of anilines is 4. The molecule has 0 heterocycles. The second kappa shape index (κ2) is 21.7. The first-order valence-electron chi connectivity index (χ1n) is 18.2. The van der Waals surface area contributed by atoms with Gasteiger partial charge in [0.25, 0.3) is 23.6 Å². The third-order valence-electron chi connectivity index (χ3n) is 9.10. The number of rotatable bonds is 14. The van der Waals surface area contributed by atoms with Gasteiger partial charge >= 0.3 is 0 Å². The SMILES string of the molecule is CC(=O)C(N=Nc1ccc(Cl)c(C(=O)Nc2c(Cl)ccc(Cl)c2Cl)c1)C(=O)Nc1ccc(NC(=O)C(N=Nc2ccc(Cl)c(C(=O)Nc3c(Cl)ccc(Cl)c3Cl)c2)C(C)=O)c(C)c1C. The Hall–Kier alpha value is -5.16. The highest BCUT2D eigenvalue weighted by Gasteiger charge is 2.27. The van der Waals surface area contributed by atoms with Crippen LogP contribution in [0.3, 0.4) is 0 Å². The molecule has 2 unspecified atom stereocenters. The standard InChI is InChI=1S/C42H30Cl8N8O6/c1-17-18(2)32(52-42(64)36(20(4)60)58-56-22-6-8-26(44)24(16-22)40(62)54-38-30(48)12-10-28(46)34(38)50)14-13-31(17)51-41(63)35(19(3)59)57-55-21-5-7-25(43)23(15-21)39(61)53-37-29(47)11-9-27(45)33(37)49/h5-16,35-36H,1-4H3,(H,51,63)(H,52,64)(H,53,61)(H,54,62). The van der Waals surface area contributed by atoms with Crippen molar-refractivity contribution in [3.05, 3.63) is 135 Å². The molecule has 0 radical (unpaired) electrons. The van der Waals surface area contributed by atoms with Gasteiger partial charge in [0, 0.05) is 11.4 Å². The van der Waals surface area contributed by atoms with Crippen molar-refractivity contribution in [1.29, 1.82) is 0 Å². The van der Waals surface area contributed by atoms with Crippen molar-refractivity contribution >= 4 is 162 Å². The molecule has 0 aliphatic heterocycles. The molecule has 330 valence electrons. The molecule has 5 aromatic rings. The second-order valence-electron chi connectivity index (χ2n) is 13.5. The number of nitrogens with zero attached hydrogens (tertiary/aromatic N) is 4. The van der Waals surface area contributed by atoms with E-state index in [1.807, 2.05) is 0 Å². The fraction of sp³-hybridized carbons (Fsp3) is 0.143. The first-order chi connectivity index (χ1) is 30.2. The Bertz CT molecular complexity index is 2630. The largest absolute Gasteiger partial charge is 0.324 e. The number of halogens is 8. The maximum absolute atomic E-state index is 13.4. The summed E-state index contributed by atoms with van der Waals surface area (Å²) in [7, 11) is 0. The lowest BCUT2D eigenvalue weighted by Crippen LogP contribution is -2.33. The van der Waals surface area contributed by atoms with Crippen molar-refractivity contribution in [2.75, 3.05) is 21.3 Å². The molecular formula is C42H30Cl8N8O6. The van der Waals surface area contributed by atoms with Crippen LogP contribution in [-0.4, -0.2) is 47.3 Å². The molecule has 5 rings (SSSR count). The van der Waals surface area contributed by atoms with Crippen LogP contribution in [0.5, 0.6) is 0 Å². The molecule has 0 aromatic heterocycles. The minimum absolute atomic E-state index is 0.0143. The van der Waals surface area contributed by atoms with Crippen LogP contribution in [0.2, 0.25) is 40.2 Å². The number of carbonyl (C=O) groups excluding carboxylic acids is 6. The molecule has 22 heteroatoms. The molecule has 4 amide bonds. The summed E-state index contributed by atoms with van der Waals surface area (Å²) in [4.78, 5) is 78.3. The van der Waals surface area contributed by atoms with Gasteiger partial charge in [-0.1, -0.05) is 92.8 Å². The predicted octanol–water partition coefficient (Wildman–Crippen LogP) is 13.4. The van der Waals surface area contributed by atoms with Gasteiger partial charge in [0.05, 0.1) is 74.1 Å². The number of hydrogen-bond donors (Lipinski definition) is 4. The zero-order valence-electron chi connectivity index (χ0n) is 33.3. The minimum atomic E-state index is -1.61. The second-order valence-corrected chi connectivity index (χ2v) is 16.7. The number of nitrogens with one attached hydrogen (secondary N) is 4. The summed E-state index contributed by atoms with van der Waals surface area (Å²) in [6.45, 7) is 5.61. The first kappa shape index (κ1) is 49.8. The van der Waals surface area contributed by atoms with Gasteiger partial charge in [-0.15, -0.1) is 0 Å². The summed E-state index contributed by atoms with van der Waals surface area (Å²) in [5.74, 6) is -4.36. The van der Waals surface area contributed by atoms with Crippen LogP contribution in [0.4, 0.5) is 34.1 Å². The van der Waals surface area contributed by atoms with E-state index >= 15 is 0 Å². The van der Waals surface area contributed by atoms with Gasteiger partial charge in [0.15, 0.2) is 11.6 Å². The fourth-order valence-electron chi connectivity index (χ4n) is 5.52. The summed E-state index contributed by atoms with van der Waals surface area (Å²) in [5, 5.41) is 27.1. The number of amides is 4. The van der Waals surface area contributed by atoms with Crippen molar-refractivity contribution in [3.8, 4) is 0 Å². The van der Waals surface area contributed by atoms with E-state index in [2.05, 4.69) is 41.7 Å². The number of benzene rings is 5. The summed E-state index contributed by atoms with van der Waals surface area (Å²) < 4.78 is 0. The molecular weight excluding hydrogens is 996 g/mol. The Morgan fingerprint density at radius 1 is 0.453 bits per heavy atom. The number of ketones is 2. The summed E-state index contributed by atoms with van der Waals surface area (Å²) in [6.07, 6.45) is 0. The van der Waals surface area contributed by atoms with Crippen molar-refractivity contribution < 1.29 is 28.8 Å². The smallest absolute Gasteiger partial charge is 0.258 e. The molecule has 64 heavy (non-hydrogen) atoms. The molecule has 0 fully saturated rings. The summed E-state index contributed by atoms with van der Waals surface area (Å²) in [6, 6.07) is 13.7. The lowest BCUT2D eigenvalue weighted by molar-refractivity contribution is -0.127. The van der Waals surface area contributed by atoms with Crippen molar-refractivity contribution in [3.63, 3.8) is 0 Å². The Morgan fingerprint density at radius 3 is 1.12 bits per heavy atom. The van der Waals surface area contributed by atoms with Crippen molar-refractivity contribution in [1.82, 2.24) is 0 Å². The highest BCUT2D eigenvalue weighted by molar-refractivity contribution is 6.47. The summed E-state index contributed by atoms with van der Waals surface area (Å²) >= 11 is 49.5. The predicted molar refractivity (Wildman–Crippen MR) is 253 cm³/mol. The highest BCUT2D eigenvalue weighted by atomic mass is 35.5. The quantitative estimate of drug-likeness (QED) is 0.0484. The molecule has 5 aromatic carbocycles. The monoisotopic (exact) mass is 1020 g/mol. The summed E-state index contributed by atoms with van der Waals surface area (Å²) in [5.41, 5.74) is 1.73.